The van der Waals surface area contributed by atoms with Gasteiger partial charge in [0.2, 0.25) is 0 Å². The van der Waals surface area contributed by atoms with Crippen molar-refractivity contribution in [2.45, 2.75) is 12.5 Å². The minimum absolute atomic E-state index is 0.0407. The minimum atomic E-state index is -3.06. The van der Waals surface area contributed by atoms with Gasteiger partial charge >= 0.3 is 0 Å². The molecule has 2 amide bonds. The lowest BCUT2D eigenvalue weighted by Crippen LogP contribution is -2.35. The molecule has 0 spiro atoms. The van der Waals surface area contributed by atoms with Gasteiger partial charge in [0.25, 0.3) is 11.8 Å². The van der Waals surface area contributed by atoms with Crippen molar-refractivity contribution in [3.8, 4) is 6.07 Å². The van der Waals surface area contributed by atoms with E-state index in [0.717, 1.165) is 0 Å². The third-order valence-corrected chi connectivity index (χ3v) is 5.99. The molecule has 0 bridgehead atoms. The van der Waals surface area contributed by atoms with E-state index in [2.05, 4.69) is 10.6 Å². The number of carbonyl (C=O) groups excluding carboxylic acids is 2. The quantitative estimate of drug-likeness (QED) is 0.834. The standard InChI is InChI=1S/C19H17N3O4S/c20-11-13-2-1-3-16(10-13)21-18(23)14-4-6-15(7-5-14)19(24)22-17-8-9-27(25,26)12-17/h1-7,10,17H,8-9,12H2,(H,21,23)(H,22,24). The van der Waals surface area contributed by atoms with E-state index in [4.69, 9.17) is 5.26 Å². The van der Waals surface area contributed by atoms with Crippen LogP contribution in [0.5, 0.6) is 0 Å². The predicted octanol–water partition coefficient (Wildman–Crippen LogP) is 1.73. The lowest BCUT2D eigenvalue weighted by Gasteiger charge is -2.11. The predicted molar refractivity (Wildman–Crippen MR) is 100 cm³/mol. The van der Waals surface area contributed by atoms with Gasteiger partial charge in [0.05, 0.1) is 23.1 Å². The molecule has 8 heteroatoms. The molecular weight excluding hydrogens is 366 g/mol. The Balaban J connectivity index is 1.63. The molecule has 1 atom stereocenters. The molecule has 1 unspecified atom stereocenters. The van der Waals surface area contributed by atoms with Crippen molar-refractivity contribution in [2.24, 2.45) is 0 Å². The maximum atomic E-state index is 12.3. The molecule has 138 valence electrons. The molecular formula is C19H17N3O4S. The van der Waals surface area contributed by atoms with Crippen molar-refractivity contribution in [1.29, 1.82) is 5.26 Å². The van der Waals surface area contributed by atoms with Crippen LogP contribution in [-0.2, 0) is 9.84 Å². The molecule has 1 aliphatic rings. The summed E-state index contributed by atoms with van der Waals surface area (Å²) in [7, 11) is -3.06. The highest BCUT2D eigenvalue weighted by atomic mass is 32.2. The highest BCUT2D eigenvalue weighted by Crippen LogP contribution is 2.14. The summed E-state index contributed by atoms with van der Waals surface area (Å²) >= 11 is 0. The SMILES string of the molecule is N#Cc1cccc(NC(=O)c2ccc(C(=O)NC3CCS(=O)(=O)C3)cc2)c1. The summed E-state index contributed by atoms with van der Waals surface area (Å²) in [6.45, 7) is 0. The molecule has 1 fully saturated rings. The number of hydrogen-bond acceptors (Lipinski definition) is 5. The summed E-state index contributed by atoms with van der Waals surface area (Å²) in [5.74, 6) is -0.685. The number of carbonyl (C=O) groups is 2. The van der Waals surface area contributed by atoms with Gasteiger partial charge in [-0.2, -0.15) is 5.26 Å². The summed E-state index contributed by atoms with van der Waals surface area (Å²) in [6.07, 6.45) is 0.413. The molecule has 7 nitrogen and oxygen atoms in total. The van der Waals surface area contributed by atoms with E-state index >= 15 is 0 Å². The first-order valence-electron chi connectivity index (χ1n) is 8.29. The number of nitrogens with one attached hydrogen (secondary N) is 2. The van der Waals surface area contributed by atoms with E-state index in [-0.39, 0.29) is 29.4 Å². The van der Waals surface area contributed by atoms with Crippen LogP contribution in [0.25, 0.3) is 0 Å². The molecule has 3 rings (SSSR count). The third kappa shape index (κ3) is 4.71. The lowest BCUT2D eigenvalue weighted by atomic mass is 10.1. The fourth-order valence-corrected chi connectivity index (χ4v) is 4.49. The Kier molecular flexibility index (Phi) is 5.23. The molecule has 1 aliphatic heterocycles. The average Bonchev–Trinajstić information content (AvgIpc) is 3.00. The number of benzene rings is 2. The largest absolute Gasteiger partial charge is 0.348 e. The Morgan fingerprint density at radius 1 is 1.04 bits per heavy atom. The Morgan fingerprint density at radius 2 is 1.70 bits per heavy atom. The van der Waals surface area contributed by atoms with Crippen molar-refractivity contribution < 1.29 is 18.0 Å². The third-order valence-electron chi connectivity index (χ3n) is 4.23. The number of hydrogen-bond donors (Lipinski definition) is 2. The van der Waals surface area contributed by atoms with Gasteiger partial charge in [-0.05, 0) is 48.9 Å². The van der Waals surface area contributed by atoms with Crippen LogP contribution < -0.4 is 10.6 Å². The van der Waals surface area contributed by atoms with Crippen LogP contribution >= 0.6 is 0 Å². The zero-order valence-corrected chi connectivity index (χ0v) is 15.1. The topological polar surface area (TPSA) is 116 Å². The van der Waals surface area contributed by atoms with Crippen molar-refractivity contribution in [3.05, 3.63) is 65.2 Å². The highest BCUT2D eigenvalue weighted by molar-refractivity contribution is 7.91. The molecule has 2 aromatic rings. The van der Waals surface area contributed by atoms with Gasteiger partial charge in [-0.25, -0.2) is 8.42 Å². The van der Waals surface area contributed by atoms with Gasteiger partial charge in [-0.1, -0.05) is 6.07 Å². The molecule has 2 aromatic carbocycles. The average molecular weight is 383 g/mol. The van der Waals surface area contributed by atoms with E-state index in [1.165, 1.54) is 24.3 Å². The number of nitriles is 1. The van der Waals surface area contributed by atoms with Crippen LogP contribution in [0.3, 0.4) is 0 Å². The number of amides is 2. The zero-order chi connectivity index (χ0) is 19.4. The first-order chi connectivity index (χ1) is 12.9. The molecule has 27 heavy (non-hydrogen) atoms. The summed E-state index contributed by atoms with van der Waals surface area (Å²) in [6, 6.07) is 14.2. The molecule has 0 aromatic heterocycles. The van der Waals surface area contributed by atoms with Crippen molar-refractivity contribution in [2.75, 3.05) is 16.8 Å². The Labute approximate surface area is 156 Å². The lowest BCUT2D eigenvalue weighted by molar-refractivity contribution is 0.0939. The van der Waals surface area contributed by atoms with Crippen molar-refractivity contribution >= 4 is 27.3 Å². The first kappa shape index (κ1) is 18.6. The van der Waals surface area contributed by atoms with E-state index in [1.807, 2.05) is 6.07 Å². The summed E-state index contributed by atoms with van der Waals surface area (Å²) in [5.41, 5.74) is 1.65. The van der Waals surface area contributed by atoms with Gasteiger partial charge in [-0.15, -0.1) is 0 Å². The number of rotatable bonds is 4. The molecule has 0 aliphatic carbocycles. The van der Waals surface area contributed by atoms with Gasteiger partial charge in [0.15, 0.2) is 9.84 Å². The minimum Gasteiger partial charge on any atom is -0.348 e. The van der Waals surface area contributed by atoms with Crippen LogP contribution in [0.1, 0.15) is 32.7 Å². The fraction of sp³-hybridized carbons (Fsp3) is 0.211. The van der Waals surface area contributed by atoms with Gasteiger partial charge in [0.1, 0.15) is 0 Å². The van der Waals surface area contributed by atoms with Gasteiger partial charge in [-0.3, -0.25) is 9.59 Å². The second kappa shape index (κ2) is 7.60. The van der Waals surface area contributed by atoms with Gasteiger partial charge in [0, 0.05) is 22.9 Å². The highest BCUT2D eigenvalue weighted by Gasteiger charge is 2.29. The molecule has 0 saturated carbocycles. The Bertz CT molecular complexity index is 1020. The first-order valence-corrected chi connectivity index (χ1v) is 10.1. The maximum absolute atomic E-state index is 12.3. The van der Waals surface area contributed by atoms with E-state index in [0.29, 0.717) is 28.8 Å². The second-order valence-corrected chi connectivity index (χ2v) is 8.53. The summed E-state index contributed by atoms with van der Waals surface area (Å²) in [4.78, 5) is 24.5. The summed E-state index contributed by atoms with van der Waals surface area (Å²) in [5, 5.41) is 14.3. The van der Waals surface area contributed by atoms with Crippen LogP contribution in [0.2, 0.25) is 0 Å². The zero-order valence-electron chi connectivity index (χ0n) is 14.3. The number of sulfone groups is 1. The van der Waals surface area contributed by atoms with Crippen LogP contribution in [-0.4, -0.2) is 37.8 Å². The monoisotopic (exact) mass is 383 g/mol. The number of nitrogens with zero attached hydrogens (tertiary/aromatic N) is 1. The van der Waals surface area contributed by atoms with E-state index in [9.17, 15) is 18.0 Å². The molecule has 0 radical (unpaired) electrons. The van der Waals surface area contributed by atoms with Crippen molar-refractivity contribution in [1.82, 2.24) is 5.32 Å². The Hall–Kier alpha value is -3.18. The van der Waals surface area contributed by atoms with E-state index < -0.39 is 9.84 Å². The second-order valence-electron chi connectivity index (χ2n) is 6.30. The fourth-order valence-electron chi connectivity index (χ4n) is 2.82. The Morgan fingerprint density at radius 3 is 2.30 bits per heavy atom. The van der Waals surface area contributed by atoms with Crippen LogP contribution in [0.4, 0.5) is 5.69 Å². The van der Waals surface area contributed by atoms with Gasteiger partial charge < -0.3 is 10.6 Å². The molecule has 1 saturated heterocycles. The normalized spacial score (nSPS) is 17.7. The van der Waals surface area contributed by atoms with Crippen LogP contribution in [0.15, 0.2) is 48.5 Å². The van der Waals surface area contributed by atoms with Crippen molar-refractivity contribution in [3.63, 3.8) is 0 Å². The maximum Gasteiger partial charge on any atom is 0.255 e. The molecule has 2 N–H and O–H groups in total. The van der Waals surface area contributed by atoms with Crippen LogP contribution in [0, 0.1) is 11.3 Å². The summed E-state index contributed by atoms with van der Waals surface area (Å²) < 4.78 is 22.9. The molecule has 1 heterocycles. The smallest absolute Gasteiger partial charge is 0.255 e. The number of anilines is 1. The van der Waals surface area contributed by atoms with E-state index in [1.54, 1.807) is 24.3 Å².